The monoisotopic (exact) mass is 552 g/mol. The summed E-state index contributed by atoms with van der Waals surface area (Å²) in [6.45, 7) is 3.17. The van der Waals surface area contributed by atoms with E-state index in [9.17, 15) is 10.2 Å². The van der Waals surface area contributed by atoms with Gasteiger partial charge in [0, 0.05) is 31.1 Å². The molecule has 0 aliphatic carbocycles. The molecule has 1 heterocycles. The predicted molar refractivity (Wildman–Crippen MR) is 162 cm³/mol. The quantitative estimate of drug-likeness (QED) is 0.227. The van der Waals surface area contributed by atoms with Crippen LogP contribution in [0.1, 0.15) is 59.7 Å². The summed E-state index contributed by atoms with van der Waals surface area (Å²) in [5, 5.41) is 20.6. The Morgan fingerprint density at radius 1 is 0.829 bits per heavy atom. The van der Waals surface area contributed by atoms with E-state index in [0.717, 1.165) is 38.9 Å². The van der Waals surface area contributed by atoms with Crippen LogP contribution in [0.5, 0.6) is 0 Å². The molecule has 0 unspecified atom stereocenters. The van der Waals surface area contributed by atoms with Crippen LogP contribution in [0.4, 0.5) is 0 Å². The average molecular weight is 553 g/mol. The van der Waals surface area contributed by atoms with Crippen LogP contribution in [0.15, 0.2) is 103 Å². The van der Waals surface area contributed by atoms with Crippen molar-refractivity contribution >= 4 is 0 Å². The highest BCUT2D eigenvalue weighted by Gasteiger charge is 2.34. The van der Waals surface area contributed by atoms with E-state index in [2.05, 4.69) is 29.2 Å². The molecule has 5 rings (SSSR count). The van der Waals surface area contributed by atoms with E-state index in [1.165, 1.54) is 0 Å². The van der Waals surface area contributed by atoms with E-state index in [0.29, 0.717) is 19.5 Å². The van der Waals surface area contributed by atoms with Gasteiger partial charge in [-0.2, -0.15) is 0 Å². The van der Waals surface area contributed by atoms with Gasteiger partial charge < -0.3 is 25.4 Å². The third-order valence-corrected chi connectivity index (χ3v) is 8.05. The maximum atomic E-state index is 11.0. The number of likely N-dealkylation sites (N-methyl/N-ethyl adjacent to an activating group) is 1. The Balaban J connectivity index is 1.39. The van der Waals surface area contributed by atoms with E-state index in [1.54, 1.807) is 0 Å². The molecule has 0 bridgehead atoms. The van der Waals surface area contributed by atoms with Gasteiger partial charge in [0.15, 0.2) is 6.29 Å². The third kappa shape index (κ3) is 7.11. The van der Waals surface area contributed by atoms with Crippen LogP contribution in [-0.4, -0.2) is 40.9 Å². The van der Waals surface area contributed by atoms with Gasteiger partial charge in [-0.3, -0.25) is 4.90 Å². The summed E-state index contributed by atoms with van der Waals surface area (Å²) < 4.78 is 13.2. The van der Waals surface area contributed by atoms with E-state index in [4.69, 9.17) is 15.2 Å². The molecule has 4 aromatic carbocycles. The van der Waals surface area contributed by atoms with Crippen molar-refractivity contribution in [1.82, 2.24) is 4.90 Å². The number of benzene rings is 4. The van der Waals surface area contributed by atoms with Crippen molar-refractivity contribution in [3.63, 3.8) is 0 Å². The Labute approximate surface area is 243 Å². The van der Waals surface area contributed by atoms with Crippen molar-refractivity contribution in [2.24, 2.45) is 5.73 Å². The van der Waals surface area contributed by atoms with Gasteiger partial charge in [-0.05, 0) is 59.5 Å². The summed E-state index contributed by atoms with van der Waals surface area (Å²) in [4.78, 5) is 2.16. The van der Waals surface area contributed by atoms with Crippen LogP contribution < -0.4 is 5.73 Å². The van der Waals surface area contributed by atoms with Gasteiger partial charge in [0.2, 0.25) is 0 Å². The fraction of sp³-hybridized carbons (Fsp3) is 0.314. The highest BCUT2D eigenvalue weighted by atomic mass is 16.7. The number of aliphatic hydroxyl groups excluding tert-OH is 2. The second-order valence-electron chi connectivity index (χ2n) is 10.9. The maximum Gasteiger partial charge on any atom is 0.184 e. The topological polar surface area (TPSA) is 88.2 Å². The van der Waals surface area contributed by atoms with Crippen molar-refractivity contribution in [2.75, 3.05) is 13.6 Å². The molecule has 6 nitrogen and oxygen atoms in total. The van der Waals surface area contributed by atoms with Crippen molar-refractivity contribution in [3.05, 3.63) is 131 Å². The van der Waals surface area contributed by atoms with Crippen LogP contribution in [0.2, 0.25) is 0 Å². The van der Waals surface area contributed by atoms with Crippen molar-refractivity contribution in [3.8, 4) is 11.1 Å². The molecular weight excluding hydrogens is 512 g/mol. The van der Waals surface area contributed by atoms with Gasteiger partial charge in [0.1, 0.15) is 0 Å². The first kappa shape index (κ1) is 29.1. The second-order valence-corrected chi connectivity index (χ2v) is 10.9. The van der Waals surface area contributed by atoms with Crippen LogP contribution in [-0.2, 0) is 22.6 Å². The average Bonchev–Trinajstić information content (AvgIpc) is 3.04. The first-order valence-electron chi connectivity index (χ1n) is 14.3. The largest absolute Gasteiger partial charge is 0.392 e. The van der Waals surface area contributed by atoms with Gasteiger partial charge >= 0.3 is 0 Å². The zero-order chi connectivity index (χ0) is 28.8. The molecule has 1 aliphatic rings. The first-order chi connectivity index (χ1) is 19.9. The molecule has 6 heteroatoms. The standard InChI is InChI=1S/C35H40N2O4/c1-24(34(39)28-9-4-3-5-10-28)37(2)22-32-20-33(27-16-14-25(23-38)15-17-27)41-35(40-32)31-13-7-12-30(19-31)29-11-6-8-26(18-29)21-36/h3-19,24,32-35,38-39H,20-23,36H2,1-2H3/t24-,32+,33-,34-,35-/m0/s1. The number of hydrogen-bond acceptors (Lipinski definition) is 6. The molecule has 41 heavy (non-hydrogen) atoms. The minimum atomic E-state index is -0.611. The number of nitrogens with zero attached hydrogens (tertiary/aromatic N) is 1. The van der Waals surface area contributed by atoms with E-state index >= 15 is 0 Å². The van der Waals surface area contributed by atoms with Gasteiger partial charge in [0.25, 0.3) is 0 Å². The Bertz CT molecular complexity index is 1390. The van der Waals surface area contributed by atoms with Gasteiger partial charge in [-0.15, -0.1) is 0 Å². The fourth-order valence-electron chi connectivity index (χ4n) is 5.43. The van der Waals surface area contributed by atoms with Crippen LogP contribution in [0, 0.1) is 0 Å². The number of ether oxygens (including phenoxy) is 2. The SMILES string of the molecule is C[C@@H]([C@H](O)c1ccccc1)N(C)C[C@H]1C[C@@H](c2ccc(CO)cc2)O[C@@H](c2cccc(-c3cccc(CN)c3)c2)O1. The Kier molecular flexibility index (Phi) is 9.62. The molecular formula is C35H40N2O4. The van der Waals surface area contributed by atoms with Gasteiger partial charge in [-0.1, -0.05) is 91.0 Å². The van der Waals surface area contributed by atoms with Crippen LogP contribution >= 0.6 is 0 Å². The minimum absolute atomic E-state index is 0.00470. The summed E-state index contributed by atoms with van der Waals surface area (Å²) in [6.07, 6.45) is -0.809. The maximum absolute atomic E-state index is 11.0. The van der Waals surface area contributed by atoms with E-state index in [1.807, 2.05) is 92.8 Å². The summed E-state index contributed by atoms with van der Waals surface area (Å²) >= 11 is 0. The zero-order valence-corrected chi connectivity index (χ0v) is 23.8. The Morgan fingerprint density at radius 2 is 1.54 bits per heavy atom. The molecule has 1 saturated heterocycles. The lowest BCUT2D eigenvalue weighted by atomic mass is 9.97. The highest BCUT2D eigenvalue weighted by molar-refractivity contribution is 5.65. The van der Waals surface area contributed by atoms with Crippen molar-refractivity contribution < 1.29 is 19.7 Å². The lowest BCUT2D eigenvalue weighted by molar-refractivity contribution is -0.253. The summed E-state index contributed by atoms with van der Waals surface area (Å²) in [5.74, 6) is 0. The molecule has 0 radical (unpaired) electrons. The van der Waals surface area contributed by atoms with Crippen molar-refractivity contribution in [2.45, 2.75) is 57.1 Å². The third-order valence-electron chi connectivity index (χ3n) is 8.05. The number of aliphatic hydroxyl groups is 2. The normalized spacial score (nSPS) is 20.6. The lowest BCUT2D eigenvalue weighted by Gasteiger charge is -2.39. The molecule has 0 amide bonds. The van der Waals surface area contributed by atoms with E-state index in [-0.39, 0.29) is 24.9 Å². The number of rotatable bonds is 10. The fourth-order valence-corrected chi connectivity index (χ4v) is 5.43. The molecule has 4 aromatic rings. The summed E-state index contributed by atoms with van der Waals surface area (Å²) in [6, 6.07) is 34.1. The number of hydrogen-bond donors (Lipinski definition) is 3. The molecule has 0 saturated carbocycles. The van der Waals surface area contributed by atoms with Crippen molar-refractivity contribution in [1.29, 1.82) is 0 Å². The Morgan fingerprint density at radius 3 is 2.24 bits per heavy atom. The van der Waals surface area contributed by atoms with Gasteiger partial charge in [0.05, 0.1) is 24.9 Å². The highest BCUT2D eigenvalue weighted by Crippen LogP contribution is 2.39. The van der Waals surface area contributed by atoms with Gasteiger partial charge in [-0.25, -0.2) is 0 Å². The van der Waals surface area contributed by atoms with E-state index < -0.39 is 12.4 Å². The minimum Gasteiger partial charge on any atom is -0.392 e. The molecule has 1 fully saturated rings. The first-order valence-corrected chi connectivity index (χ1v) is 14.3. The molecule has 5 atom stereocenters. The molecule has 1 aliphatic heterocycles. The molecule has 214 valence electrons. The van der Waals surface area contributed by atoms with Crippen LogP contribution in [0.25, 0.3) is 11.1 Å². The van der Waals surface area contributed by atoms with Crippen LogP contribution in [0.3, 0.4) is 0 Å². The lowest BCUT2D eigenvalue weighted by Crippen LogP contribution is -2.43. The second kappa shape index (κ2) is 13.5. The smallest absolute Gasteiger partial charge is 0.184 e. The molecule has 0 spiro atoms. The molecule has 4 N–H and O–H groups in total. The number of nitrogens with two attached hydrogens (primary N) is 1. The Hall–Kier alpha value is -3.36. The summed E-state index contributed by atoms with van der Waals surface area (Å²) in [7, 11) is 2.03. The molecule has 0 aromatic heterocycles. The zero-order valence-electron chi connectivity index (χ0n) is 23.8. The summed E-state index contributed by atoms with van der Waals surface area (Å²) in [5.41, 5.74) is 12.9. The predicted octanol–water partition coefficient (Wildman–Crippen LogP) is 5.90.